The molecule has 0 aliphatic heterocycles. The highest BCUT2D eigenvalue weighted by atomic mass is 32.1. The molecule has 3 nitrogen and oxygen atoms in total. The van der Waals surface area contributed by atoms with E-state index in [1.807, 2.05) is 5.38 Å². The van der Waals surface area contributed by atoms with Gasteiger partial charge in [0, 0.05) is 17.4 Å². The molecule has 4 heteroatoms. The fraction of sp³-hybridized carbons (Fsp3) is 0.524. The Morgan fingerprint density at radius 1 is 1.20 bits per heavy atom. The van der Waals surface area contributed by atoms with Crippen molar-refractivity contribution in [3.8, 4) is 11.3 Å². The van der Waals surface area contributed by atoms with Gasteiger partial charge in [0.25, 0.3) is 0 Å². The molecule has 1 heterocycles. The summed E-state index contributed by atoms with van der Waals surface area (Å²) in [4.78, 5) is 16.7. The molecule has 1 aromatic carbocycles. The summed E-state index contributed by atoms with van der Waals surface area (Å²) < 4.78 is 0. The van der Waals surface area contributed by atoms with Gasteiger partial charge in [-0.3, -0.25) is 4.79 Å². The quantitative estimate of drug-likeness (QED) is 0.712. The Bertz CT molecular complexity index is 706. The molecule has 1 aliphatic rings. The fourth-order valence-corrected chi connectivity index (χ4v) is 4.16. The second-order valence-electron chi connectivity index (χ2n) is 8.10. The highest BCUT2D eigenvalue weighted by Gasteiger charge is 2.17. The second kappa shape index (κ2) is 7.69. The van der Waals surface area contributed by atoms with E-state index in [4.69, 9.17) is 0 Å². The molecule has 0 radical (unpaired) electrons. The lowest BCUT2D eigenvalue weighted by Gasteiger charge is -2.18. The van der Waals surface area contributed by atoms with E-state index in [2.05, 4.69) is 55.3 Å². The predicted octanol–water partition coefficient (Wildman–Crippen LogP) is 6.02. The lowest BCUT2D eigenvalue weighted by Crippen LogP contribution is -2.12. The van der Waals surface area contributed by atoms with Crippen LogP contribution < -0.4 is 5.32 Å². The predicted molar refractivity (Wildman–Crippen MR) is 106 cm³/mol. The van der Waals surface area contributed by atoms with Crippen LogP contribution in [0.15, 0.2) is 29.6 Å². The van der Waals surface area contributed by atoms with E-state index in [0.29, 0.717) is 11.6 Å². The number of amides is 1. The number of anilines is 1. The molecule has 25 heavy (non-hydrogen) atoms. The standard InChI is InChI=1S/C21H28N2OS/c1-21(2,3)17-11-9-16(10-12-17)18-14-25-20(22-18)23-19(24)13-8-15-6-4-5-7-15/h9-12,14-15H,4-8,13H2,1-3H3,(H,22,23,24). The van der Waals surface area contributed by atoms with E-state index in [-0.39, 0.29) is 11.3 Å². The molecule has 134 valence electrons. The summed E-state index contributed by atoms with van der Waals surface area (Å²) in [7, 11) is 0. The van der Waals surface area contributed by atoms with Crippen LogP contribution >= 0.6 is 11.3 Å². The topological polar surface area (TPSA) is 42.0 Å². The highest BCUT2D eigenvalue weighted by molar-refractivity contribution is 7.14. The third kappa shape index (κ3) is 4.91. The molecule has 3 rings (SSSR count). The minimum Gasteiger partial charge on any atom is -0.302 e. The third-order valence-corrected chi connectivity index (χ3v) is 5.81. The Morgan fingerprint density at radius 2 is 1.88 bits per heavy atom. The SMILES string of the molecule is CC(C)(C)c1ccc(-c2csc(NC(=O)CCC3CCCC3)n2)cc1. The van der Waals surface area contributed by atoms with Crippen molar-refractivity contribution in [2.75, 3.05) is 5.32 Å². The van der Waals surface area contributed by atoms with Crippen LogP contribution in [0.2, 0.25) is 0 Å². The molecular weight excluding hydrogens is 328 g/mol. The number of benzene rings is 1. The van der Waals surface area contributed by atoms with Crippen molar-refractivity contribution in [3.05, 3.63) is 35.2 Å². The summed E-state index contributed by atoms with van der Waals surface area (Å²) in [5.74, 6) is 0.842. The molecule has 1 amide bonds. The Hall–Kier alpha value is -1.68. The first kappa shape index (κ1) is 18.1. The molecule has 1 aromatic heterocycles. The van der Waals surface area contributed by atoms with Gasteiger partial charge in [-0.25, -0.2) is 4.98 Å². The van der Waals surface area contributed by atoms with E-state index in [9.17, 15) is 4.79 Å². The normalized spacial score (nSPS) is 15.5. The lowest BCUT2D eigenvalue weighted by atomic mass is 9.86. The smallest absolute Gasteiger partial charge is 0.226 e. The average molecular weight is 357 g/mol. The number of hydrogen-bond donors (Lipinski definition) is 1. The summed E-state index contributed by atoms with van der Waals surface area (Å²) in [5.41, 5.74) is 3.48. The van der Waals surface area contributed by atoms with Gasteiger partial charge in [0.05, 0.1) is 5.69 Å². The number of hydrogen-bond acceptors (Lipinski definition) is 3. The minimum absolute atomic E-state index is 0.0934. The Balaban J connectivity index is 1.57. The first-order valence-electron chi connectivity index (χ1n) is 9.28. The Morgan fingerprint density at radius 3 is 2.52 bits per heavy atom. The van der Waals surface area contributed by atoms with Gasteiger partial charge in [-0.1, -0.05) is 70.7 Å². The zero-order chi connectivity index (χ0) is 17.9. The maximum atomic E-state index is 12.1. The van der Waals surface area contributed by atoms with Crippen molar-refractivity contribution >= 4 is 22.4 Å². The summed E-state index contributed by atoms with van der Waals surface area (Å²) >= 11 is 1.50. The number of aromatic nitrogens is 1. The van der Waals surface area contributed by atoms with Crippen molar-refractivity contribution in [2.24, 2.45) is 5.92 Å². The zero-order valence-corrected chi connectivity index (χ0v) is 16.3. The van der Waals surface area contributed by atoms with Gasteiger partial charge >= 0.3 is 0 Å². The average Bonchev–Trinajstić information content (AvgIpc) is 3.24. The van der Waals surface area contributed by atoms with E-state index in [1.54, 1.807) is 0 Å². The van der Waals surface area contributed by atoms with Gasteiger partial charge in [-0.2, -0.15) is 0 Å². The van der Waals surface area contributed by atoms with Gasteiger partial charge in [0.1, 0.15) is 0 Å². The third-order valence-electron chi connectivity index (χ3n) is 5.05. The van der Waals surface area contributed by atoms with Crippen LogP contribution in [0.25, 0.3) is 11.3 Å². The van der Waals surface area contributed by atoms with E-state index in [1.165, 1.54) is 42.6 Å². The molecule has 0 unspecified atom stereocenters. The van der Waals surface area contributed by atoms with E-state index >= 15 is 0 Å². The summed E-state index contributed by atoms with van der Waals surface area (Å²) in [5, 5.41) is 5.67. The van der Waals surface area contributed by atoms with Crippen LogP contribution in [0.3, 0.4) is 0 Å². The number of rotatable bonds is 5. The molecular formula is C21H28N2OS. The second-order valence-corrected chi connectivity index (χ2v) is 8.96. The van der Waals surface area contributed by atoms with Gasteiger partial charge in [-0.15, -0.1) is 11.3 Å². The van der Waals surface area contributed by atoms with Crippen molar-refractivity contribution in [1.82, 2.24) is 4.98 Å². The van der Waals surface area contributed by atoms with Gasteiger partial charge in [0.15, 0.2) is 5.13 Å². The number of nitrogens with one attached hydrogen (secondary N) is 1. The first-order chi connectivity index (χ1) is 11.9. The Kier molecular flexibility index (Phi) is 5.57. The monoisotopic (exact) mass is 356 g/mol. The maximum Gasteiger partial charge on any atom is 0.226 e. The molecule has 1 aliphatic carbocycles. The van der Waals surface area contributed by atoms with Gasteiger partial charge in [-0.05, 0) is 23.3 Å². The molecule has 0 bridgehead atoms. The summed E-state index contributed by atoms with van der Waals surface area (Å²) in [6, 6.07) is 8.55. The fourth-order valence-electron chi connectivity index (χ4n) is 3.42. The molecule has 2 aromatic rings. The summed E-state index contributed by atoms with van der Waals surface area (Å²) in [6.07, 6.45) is 6.86. The molecule has 0 spiro atoms. The van der Waals surface area contributed by atoms with E-state index < -0.39 is 0 Å². The molecule has 1 fully saturated rings. The maximum absolute atomic E-state index is 12.1. The van der Waals surface area contributed by atoms with Crippen LogP contribution in [0.5, 0.6) is 0 Å². The largest absolute Gasteiger partial charge is 0.302 e. The van der Waals surface area contributed by atoms with Crippen LogP contribution in [0.4, 0.5) is 5.13 Å². The van der Waals surface area contributed by atoms with Crippen molar-refractivity contribution < 1.29 is 4.79 Å². The highest BCUT2D eigenvalue weighted by Crippen LogP contribution is 2.30. The van der Waals surface area contributed by atoms with Crippen LogP contribution in [0.1, 0.15) is 64.9 Å². The molecule has 0 atom stereocenters. The molecule has 1 N–H and O–H groups in total. The van der Waals surface area contributed by atoms with Crippen molar-refractivity contribution in [2.45, 2.75) is 64.7 Å². The lowest BCUT2D eigenvalue weighted by molar-refractivity contribution is -0.116. The Labute approximate surface area is 154 Å². The molecule has 1 saturated carbocycles. The van der Waals surface area contributed by atoms with Gasteiger partial charge in [0.2, 0.25) is 5.91 Å². The number of thiazole rings is 1. The first-order valence-corrected chi connectivity index (χ1v) is 10.2. The summed E-state index contributed by atoms with van der Waals surface area (Å²) in [6.45, 7) is 6.64. The van der Waals surface area contributed by atoms with Gasteiger partial charge < -0.3 is 5.32 Å². The number of carbonyl (C=O) groups is 1. The van der Waals surface area contributed by atoms with Crippen LogP contribution in [0, 0.1) is 5.92 Å². The number of carbonyl (C=O) groups excluding carboxylic acids is 1. The van der Waals surface area contributed by atoms with Crippen LogP contribution in [-0.2, 0) is 10.2 Å². The van der Waals surface area contributed by atoms with Crippen molar-refractivity contribution in [3.63, 3.8) is 0 Å². The number of nitrogens with zero attached hydrogens (tertiary/aromatic N) is 1. The molecule has 0 saturated heterocycles. The minimum atomic E-state index is 0.0934. The van der Waals surface area contributed by atoms with E-state index in [0.717, 1.165) is 23.6 Å². The van der Waals surface area contributed by atoms with Crippen molar-refractivity contribution in [1.29, 1.82) is 0 Å². The van der Waals surface area contributed by atoms with Crippen LogP contribution in [-0.4, -0.2) is 10.9 Å². The zero-order valence-electron chi connectivity index (χ0n) is 15.5.